The van der Waals surface area contributed by atoms with Crippen LogP contribution in [0.25, 0.3) is 22.3 Å². The van der Waals surface area contributed by atoms with E-state index in [-0.39, 0.29) is 6.42 Å². The lowest BCUT2D eigenvalue weighted by atomic mass is 10.00. The van der Waals surface area contributed by atoms with Crippen molar-refractivity contribution in [2.24, 2.45) is 0 Å². The highest BCUT2D eigenvalue weighted by molar-refractivity contribution is 5.97. The Morgan fingerprint density at radius 1 is 0.722 bits per heavy atom. The number of carboxylic acid groups (broad SMARTS) is 1. The van der Waals surface area contributed by atoms with Gasteiger partial charge in [-0.05, 0) is 64.2 Å². The van der Waals surface area contributed by atoms with Gasteiger partial charge in [-0.3, -0.25) is 4.79 Å². The molecule has 4 aromatic rings. The predicted octanol–water partition coefficient (Wildman–Crippen LogP) is 5.46. The van der Waals surface area contributed by atoms with Gasteiger partial charge >= 0.3 is 5.97 Å². The van der Waals surface area contributed by atoms with Crippen molar-refractivity contribution in [3.8, 4) is 33.8 Å². The molecule has 0 unspecified atom stereocenters. The molecule has 0 spiro atoms. The van der Waals surface area contributed by atoms with Crippen LogP contribution < -0.4 is 14.8 Å². The van der Waals surface area contributed by atoms with Crippen LogP contribution in [-0.4, -0.2) is 37.2 Å². The predicted molar refractivity (Wildman–Crippen MR) is 139 cm³/mol. The Balaban J connectivity index is 1.45. The third kappa shape index (κ3) is 5.91. The number of carboxylic acids is 1. The fourth-order valence-corrected chi connectivity index (χ4v) is 3.92. The van der Waals surface area contributed by atoms with E-state index in [0.29, 0.717) is 5.56 Å². The minimum Gasteiger partial charge on any atom is -0.497 e. The van der Waals surface area contributed by atoms with E-state index in [1.807, 2.05) is 78.9 Å². The minimum absolute atomic E-state index is 0.169. The van der Waals surface area contributed by atoms with E-state index >= 15 is 0 Å². The van der Waals surface area contributed by atoms with Crippen molar-refractivity contribution in [1.29, 1.82) is 0 Å². The van der Waals surface area contributed by atoms with Gasteiger partial charge in [-0.25, -0.2) is 4.79 Å². The smallest absolute Gasteiger partial charge is 0.326 e. The van der Waals surface area contributed by atoms with Gasteiger partial charge in [0.15, 0.2) is 0 Å². The molecule has 0 bridgehead atoms. The summed E-state index contributed by atoms with van der Waals surface area (Å²) in [6, 6.07) is 28.9. The van der Waals surface area contributed by atoms with Crippen LogP contribution in [0.5, 0.6) is 11.5 Å². The van der Waals surface area contributed by atoms with Crippen molar-refractivity contribution in [3.63, 3.8) is 0 Å². The first kappa shape index (κ1) is 24.5. The van der Waals surface area contributed by atoms with Crippen molar-refractivity contribution < 1.29 is 24.2 Å². The first-order valence-electron chi connectivity index (χ1n) is 11.5. The summed E-state index contributed by atoms with van der Waals surface area (Å²) in [5, 5.41) is 12.4. The summed E-state index contributed by atoms with van der Waals surface area (Å²) in [5.74, 6) is 0.000400. The lowest BCUT2D eigenvalue weighted by Crippen LogP contribution is -2.42. The SMILES string of the molecule is COc1ccc(-c2ccc(C[C@H](NC(=O)c3cccc(-c4ccc(OC)cc4)c3)C(=O)O)cc2)cc1. The van der Waals surface area contributed by atoms with Crippen LogP contribution in [0.1, 0.15) is 15.9 Å². The van der Waals surface area contributed by atoms with Gasteiger partial charge in [0, 0.05) is 12.0 Å². The number of rotatable bonds is 9. The minimum atomic E-state index is -1.09. The van der Waals surface area contributed by atoms with Crippen LogP contribution in [0.3, 0.4) is 0 Å². The number of hydrogen-bond acceptors (Lipinski definition) is 4. The molecule has 0 heterocycles. The Morgan fingerprint density at radius 3 is 1.72 bits per heavy atom. The average molecular weight is 482 g/mol. The zero-order chi connectivity index (χ0) is 25.5. The Labute approximate surface area is 210 Å². The van der Waals surface area contributed by atoms with E-state index < -0.39 is 17.9 Å². The molecule has 0 aromatic heterocycles. The van der Waals surface area contributed by atoms with Gasteiger partial charge in [0.25, 0.3) is 5.91 Å². The summed E-state index contributed by atoms with van der Waals surface area (Å²) < 4.78 is 10.4. The molecule has 4 rings (SSSR count). The Kier molecular flexibility index (Phi) is 7.66. The number of nitrogens with one attached hydrogen (secondary N) is 1. The maximum absolute atomic E-state index is 12.9. The molecule has 1 amide bonds. The van der Waals surface area contributed by atoms with Crippen molar-refractivity contribution in [3.05, 3.63) is 108 Å². The molecule has 6 nitrogen and oxygen atoms in total. The van der Waals surface area contributed by atoms with Crippen LogP contribution in [0.15, 0.2) is 97.1 Å². The van der Waals surface area contributed by atoms with Crippen LogP contribution in [0.4, 0.5) is 0 Å². The molecule has 4 aromatic carbocycles. The highest BCUT2D eigenvalue weighted by atomic mass is 16.5. The lowest BCUT2D eigenvalue weighted by molar-refractivity contribution is -0.139. The topological polar surface area (TPSA) is 84.9 Å². The number of hydrogen-bond donors (Lipinski definition) is 2. The number of methoxy groups -OCH3 is 2. The van der Waals surface area contributed by atoms with E-state index in [4.69, 9.17) is 9.47 Å². The molecule has 0 aliphatic carbocycles. The highest BCUT2D eigenvalue weighted by Gasteiger charge is 2.21. The maximum atomic E-state index is 12.9. The van der Waals surface area contributed by atoms with Gasteiger partial charge in [0.2, 0.25) is 0 Å². The van der Waals surface area contributed by atoms with Crippen molar-refractivity contribution in [2.75, 3.05) is 14.2 Å². The molecule has 0 aliphatic heterocycles. The normalized spacial score (nSPS) is 11.4. The third-order valence-electron chi connectivity index (χ3n) is 5.97. The van der Waals surface area contributed by atoms with Gasteiger partial charge in [-0.15, -0.1) is 0 Å². The fourth-order valence-electron chi connectivity index (χ4n) is 3.92. The van der Waals surface area contributed by atoms with Crippen LogP contribution in [0, 0.1) is 0 Å². The standard InChI is InChI=1S/C30H27NO5/c1-35-26-14-10-22(11-15-26)21-8-6-20(7-9-21)18-28(30(33)34)31-29(32)25-5-3-4-24(19-25)23-12-16-27(36-2)17-13-23/h3-17,19,28H,18H2,1-2H3,(H,31,32)(H,33,34)/t28-/m0/s1. The summed E-state index contributed by atoms with van der Waals surface area (Å²) in [5.41, 5.74) is 5.02. The number of ether oxygens (including phenoxy) is 2. The lowest BCUT2D eigenvalue weighted by Gasteiger charge is -2.15. The molecule has 6 heteroatoms. The Morgan fingerprint density at radius 2 is 1.22 bits per heavy atom. The molecule has 0 saturated heterocycles. The largest absolute Gasteiger partial charge is 0.497 e. The van der Waals surface area contributed by atoms with Crippen molar-refractivity contribution in [2.45, 2.75) is 12.5 Å². The molecule has 0 radical (unpaired) electrons. The second-order valence-corrected chi connectivity index (χ2v) is 8.30. The molecule has 36 heavy (non-hydrogen) atoms. The van der Waals surface area contributed by atoms with Crippen molar-refractivity contribution in [1.82, 2.24) is 5.32 Å². The van der Waals surface area contributed by atoms with Crippen LogP contribution in [0.2, 0.25) is 0 Å². The number of carbonyl (C=O) groups excluding carboxylic acids is 1. The fraction of sp³-hybridized carbons (Fsp3) is 0.133. The van der Waals surface area contributed by atoms with Gasteiger partial charge in [0.05, 0.1) is 14.2 Å². The van der Waals surface area contributed by atoms with E-state index in [1.54, 1.807) is 32.4 Å². The Hall–Kier alpha value is -4.58. The maximum Gasteiger partial charge on any atom is 0.326 e. The molecule has 182 valence electrons. The molecular weight excluding hydrogens is 454 g/mol. The highest BCUT2D eigenvalue weighted by Crippen LogP contribution is 2.24. The van der Waals surface area contributed by atoms with E-state index in [2.05, 4.69) is 5.32 Å². The molecular formula is C30H27NO5. The summed E-state index contributed by atoms with van der Waals surface area (Å²) in [4.78, 5) is 24.9. The van der Waals surface area contributed by atoms with Crippen molar-refractivity contribution >= 4 is 11.9 Å². The van der Waals surface area contributed by atoms with E-state index in [9.17, 15) is 14.7 Å². The summed E-state index contributed by atoms with van der Waals surface area (Å²) in [7, 11) is 3.23. The zero-order valence-electron chi connectivity index (χ0n) is 20.1. The van der Waals surface area contributed by atoms with Crippen LogP contribution in [-0.2, 0) is 11.2 Å². The van der Waals surface area contributed by atoms with Crippen LogP contribution >= 0.6 is 0 Å². The number of benzene rings is 4. The summed E-state index contributed by atoms with van der Waals surface area (Å²) >= 11 is 0. The first-order chi connectivity index (χ1) is 17.5. The molecule has 1 atom stereocenters. The van der Waals surface area contributed by atoms with Gasteiger partial charge in [-0.2, -0.15) is 0 Å². The quantitative estimate of drug-likeness (QED) is 0.331. The van der Waals surface area contributed by atoms with Gasteiger partial charge in [-0.1, -0.05) is 60.7 Å². The number of carbonyl (C=O) groups is 2. The summed E-state index contributed by atoms with van der Waals surface area (Å²) in [6.07, 6.45) is 0.169. The van der Waals surface area contributed by atoms with E-state index in [1.165, 1.54) is 0 Å². The average Bonchev–Trinajstić information content (AvgIpc) is 2.93. The zero-order valence-corrected chi connectivity index (χ0v) is 20.1. The van der Waals surface area contributed by atoms with E-state index in [0.717, 1.165) is 39.3 Å². The molecule has 0 saturated carbocycles. The molecule has 0 fully saturated rings. The van der Waals surface area contributed by atoms with Gasteiger partial charge in [0.1, 0.15) is 17.5 Å². The third-order valence-corrected chi connectivity index (χ3v) is 5.97. The number of aliphatic carboxylic acids is 1. The summed E-state index contributed by atoms with van der Waals surface area (Å²) in [6.45, 7) is 0. The monoisotopic (exact) mass is 481 g/mol. The Bertz CT molecular complexity index is 1330. The molecule has 2 N–H and O–H groups in total. The van der Waals surface area contributed by atoms with Gasteiger partial charge < -0.3 is 19.9 Å². The second-order valence-electron chi connectivity index (χ2n) is 8.30. The molecule has 0 aliphatic rings. The second kappa shape index (κ2) is 11.2. The number of amides is 1. The first-order valence-corrected chi connectivity index (χ1v) is 11.5.